The molecule has 2 aliphatic heterocycles. The van der Waals surface area contributed by atoms with E-state index in [9.17, 15) is 9.59 Å². The second kappa shape index (κ2) is 8.47. The van der Waals surface area contributed by atoms with Gasteiger partial charge in [0.05, 0.1) is 6.54 Å². The number of hydrogen-bond donors (Lipinski definition) is 1. The second-order valence-electron chi connectivity index (χ2n) is 7.20. The predicted octanol–water partition coefficient (Wildman–Crippen LogP) is 1.47. The number of carbonyl (C=O) groups excluding carboxylic acids is 2. The fourth-order valence-corrected chi connectivity index (χ4v) is 3.46. The van der Waals surface area contributed by atoms with Gasteiger partial charge in [0.2, 0.25) is 5.91 Å². The van der Waals surface area contributed by atoms with Crippen molar-refractivity contribution in [2.75, 3.05) is 59.3 Å². The molecule has 1 N–H and O–H groups in total. The fraction of sp³-hybridized carbons (Fsp3) is 0.579. The Bertz CT molecular complexity index is 686. The first-order valence-electron chi connectivity index (χ1n) is 9.30. The van der Waals surface area contributed by atoms with Crippen LogP contribution in [0.5, 0.6) is 11.5 Å². The maximum absolute atomic E-state index is 12.4. The Labute approximate surface area is 160 Å². The number of carbonyl (C=O) groups is 2. The molecule has 0 bridgehead atoms. The summed E-state index contributed by atoms with van der Waals surface area (Å²) in [6.07, 6.45) is 1.74. The highest BCUT2D eigenvalue weighted by molar-refractivity contribution is 5.92. The summed E-state index contributed by atoms with van der Waals surface area (Å²) in [5.74, 6) is 1.31. The summed E-state index contributed by atoms with van der Waals surface area (Å²) < 4.78 is 11.0. The van der Waals surface area contributed by atoms with E-state index >= 15 is 0 Å². The third-order valence-electron chi connectivity index (χ3n) is 4.98. The number of amides is 3. The van der Waals surface area contributed by atoms with E-state index in [-0.39, 0.29) is 18.0 Å². The lowest BCUT2D eigenvalue weighted by Crippen LogP contribution is -2.49. The molecule has 1 aromatic carbocycles. The summed E-state index contributed by atoms with van der Waals surface area (Å²) in [5.41, 5.74) is 0.704. The summed E-state index contributed by atoms with van der Waals surface area (Å²) in [7, 11) is 5.36. The van der Waals surface area contributed by atoms with E-state index in [1.54, 1.807) is 30.0 Å². The normalized spacial score (nSPS) is 17.3. The Hall–Kier alpha value is -2.48. The molecule has 8 nitrogen and oxygen atoms in total. The monoisotopic (exact) mass is 376 g/mol. The summed E-state index contributed by atoms with van der Waals surface area (Å²) in [4.78, 5) is 29.9. The number of piperidine rings is 1. The lowest BCUT2D eigenvalue weighted by Gasteiger charge is -2.37. The standard InChI is InChI=1S/C19H28N4O4/c1-21(2)19(25)22(3)15-6-8-23(9-7-15)13-18(24)20-14-4-5-16-17(12-14)27-11-10-26-16/h4-5,12,15H,6-11,13H2,1-3H3,(H,20,24). The molecule has 0 radical (unpaired) electrons. The molecule has 0 unspecified atom stereocenters. The lowest BCUT2D eigenvalue weighted by molar-refractivity contribution is -0.117. The van der Waals surface area contributed by atoms with Gasteiger partial charge < -0.3 is 24.6 Å². The van der Waals surface area contributed by atoms with E-state index in [0.29, 0.717) is 36.9 Å². The van der Waals surface area contributed by atoms with Crippen LogP contribution in [0.25, 0.3) is 0 Å². The number of nitrogens with zero attached hydrogens (tertiary/aromatic N) is 3. The van der Waals surface area contributed by atoms with Gasteiger partial charge in [-0.1, -0.05) is 0 Å². The van der Waals surface area contributed by atoms with Crippen LogP contribution in [-0.4, -0.2) is 86.7 Å². The number of benzene rings is 1. The Morgan fingerprint density at radius 3 is 2.44 bits per heavy atom. The van der Waals surface area contributed by atoms with E-state index in [1.807, 2.05) is 19.2 Å². The summed E-state index contributed by atoms with van der Waals surface area (Å²) in [6.45, 7) is 3.00. The average molecular weight is 376 g/mol. The molecule has 0 aliphatic carbocycles. The van der Waals surface area contributed by atoms with Crippen molar-refractivity contribution >= 4 is 17.6 Å². The Morgan fingerprint density at radius 1 is 1.11 bits per heavy atom. The Kier molecular flexibility index (Phi) is 6.05. The number of likely N-dealkylation sites (tertiary alicyclic amines) is 1. The minimum Gasteiger partial charge on any atom is -0.486 e. The summed E-state index contributed by atoms with van der Waals surface area (Å²) in [6, 6.07) is 5.66. The van der Waals surface area contributed by atoms with Crippen molar-refractivity contribution in [3.05, 3.63) is 18.2 Å². The molecule has 0 spiro atoms. The number of hydrogen-bond acceptors (Lipinski definition) is 5. The van der Waals surface area contributed by atoms with Crippen LogP contribution in [0, 0.1) is 0 Å². The second-order valence-corrected chi connectivity index (χ2v) is 7.20. The van der Waals surface area contributed by atoms with Crippen LogP contribution < -0.4 is 14.8 Å². The van der Waals surface area contributed by atoms with Crippen LogP contribution in [0.4, 0.5) is 10.5 Å². The molecule has 2 heterocycles. The summed E-state index contributed by atoms with van der Waals surface area (Å²) >= 11 is 0. The van der Waals surface area contributed by atoms with Crippen LogP contribution in [0.2, 0.25) is 0 Å². The van der Waals surface area contributed by atoms with Gasteiger partial charge in [0, 0.05) is 52.0 Å². The van der Waals surface area contributed by atoms with Gasteiger partial charge in [0.25, 0.3) is 0 Å². The molecule has 1 saturated heterocycles. The molecule has 0 atom stereocenters. The predicted molar refractivity (Wildman–Crippen MR) is 102 cm³/mol. The van der Waals surface area contributed by atoms with Gasteiger partial charge in [-0.05, 0) is 25.0 Å². The van der Waals surface area contributed by atoms with Gasteiger partial charge in [0.1, 0.15) is 13.2 Å². The molecular weight excluding hydrogens is 348 g/mol. The molecular formula is C19H28N4O4. The van der Waals surface area contributed by atoms with Crippen LogP contribution in [0.3, 0.4) is 0 Å². The van der Waals surface area contributed by atoms with Crippen LogP contribution >= 0.6 is 0 Å². The molecule has 1 fully saturated rings. The van der Waals surface area contributed by atoms with Crippen molar-refractivity contribution in [2.24, 2.45) is 0 Å². The molecule has 0 aromatic heterocycles. The molecule has 1 aromatic rings. The van der Waals surface area contributed by atoms with Gasteiger partial charge in [-0.3, -0.25) is 9.69 Å². The van der Waals surface area contributed by atoms with E-state index in [4.69, 9.17) is 9.47 Å². The van der Waals surface area contributed by atoms with Crippen molar-refractivity contribution in [1.82, 2.24) is 14.7 Å². The van der Waals surface area contributed by atoms with Crippen LogP contribution in [0.15, 0.2) is 18.2 Å². The van der Waals surface area contributed by atoms with Gasteiger partial charge in [-0.15, -0.1) is 0 Å². The number of fused-ring (bicyclic) bond motifs is 1. The van der Waals surface area contributed by atoms with Crippen LogP contribution in [-0.2, 0) is 4.79 Å². The van der Waals surface area contributed by atoms with Gasteiger partial charge in [-0.2, -0.15) is 0 Å². The average Bonchev–Trinajstić information content (AvgIpc) is 2.67. The number of nitrogens with one attached hydrogen (secondary N) is 1. The molecule has 0 saturated carbocycles. The van der Waals surface area contributed by atoms with Gasteiger partial charge in [0.15, 0.2) is 11.5 Å². The first-order chi connectivity index (χ1) is 12.9. The van der Waals surface area contributed by atoms with E-state index in [2.05, 4.69) is 10.2 Å². The minimum absolute atomic E-state index is 0.0183. The van der Waals surface area contributed by atoms with E-state index in [0.717, 1.165) is 25.9 Å². The third kappa shape index (κ3) is 4.82. The van der Waals surface area contributed by atoms with Crippen molar-refractivity contribution in [1.29, 1.82) is 0 Å². The third-order valence-corrected chi connectivity index (χ3v) is 4.98. The smallest absolute Gasteiger partial charge is 0.319 e. The number of anilines is 1. The zero-order chi connectivity index (χ0) is 19.4. The van der Waals surface area contributed by atoms with E-state index in [1.165, 1.54) is 0 Å². The zero-order valence-corrected chi connectivity index (χ0v) is 16.2. The molecule has 148 valence electrons. The van der Waals surface area contributed by atoms with Crippen LogP contribution in [0.1, 0.15) is 12.8 Å². The highest BCUT2D eigenvalue weighted by atomic mass is 16.6. The SMILES string of the molecule is CN(C)C(=O)N(C)C1CCN(CC(=O)Nc2ccc3c(c2)OCCO3)CC1. The summed E-state index contributed by atoms with van der Waals surface area (Å²) in [5, 5.41) is 2.92. The van der Waals surface area contributed by atoms with Gasteiger partial charge in [-0.25, -0.2) is 4.79 Å². The molecule has 3 amide bonds. The van der Waals surface area contributed by atoms with E-state index < -0.39 is 0 Å². The fourth-order valence-electron chi connectivity index (χ4n) is 3.46. The number of urea groups is 1. The largest absolute Gasteiger partial charge is 0.486 e. The Balaban J connectivity index is 1.46. The topological polar surface area (TPSA) is 74.4 Å². The Morgan fingerprint density at radius 2 is 1.78 bits per heavy atom. The number of rotatable bonds is 4. The zero-order valence-electron chi connectivity index (χ0n) is 16.2. The first kappa shape index (κ1) is 19.3. The van der Waals surface area contributed by atoms with Crippen molar-refractivity contribution in [3.8, 4) is 11.5 Å². The molecule has 3 rings (SSSR count). The maximum atomic E-state index is 12.4. The highest BCUT2D eigenvalue weighted by Crippen LogP contribution is 2.32. The molecule has 2 aliphatic rings. The minimum atomic E-state index is -0.0529. The van der Waals surface area contributed by atoms with Crippen molar-refractivity contribution < 1.29 is 19.1 Å². The van der Waals surface area contributed by atoms with Gasteiger partial charge >= 0.3 is 6.03 Å². The molecule has 8 heteroatoms. The van der Waals surface area contributed by atoms with Crippen molar-refractivity contribution in [2.45, 2.75) is 18.9 Å². The number of ether oxygens (including phenoxy) is 2. The highest BCUT2D eigenvalue weighted by Gasteiger charge is 2.27. The molecule has 27 heavy (non-hydrogen) atoms. The lowest BCUT2D eigenvalue weighted by atomic mass is 10.0. The first-order valence-corrected chi connectivity index (χ1v) is 9.30. The maximum Gasteiger partial charge on any atom is 0.319 e. The quantitative estimate of drug-likeness (QED) is 0.862. The van der Waals surface area contributed by atoms with Crippen molar-refractivity contribution in [3.63, 3.8) is 0 Å².